The fourth-order valence-corrected chi connectivity index (χ4v) is 5.05. The molecule has 2 aliphatic rings. The molecule has 0 saturated carbocycles. The molecule has 8 nitrogen and oxygen atoms in total. The molecule has 6 rings (SSSR count). The number of amides is 1. The van der Waals surface area contributed by atoms with Crippen LogP contribution in [0.15, 0.2) is 48.8 Å². The van der Waals surface area contributed by atoms with Crippen LogP contribution in [-0.2, 0) is 0 Å². The molecule has 1 amide bonds. The second-order valence-corrected chi connectivity index (χ2v) is 8.42. The molecule has 9 heteroatoms. The lowest BCUT2D eigenvalue weighted by atomic mass is 9.98. The highest BCUT2D eigenvalue weighted by molar-refractivity contribution is 6.32. The lowest BCUT2D eigenvalue weighted by molar-refractivity contribution is 0.0734. The molecule has 2 aromatic carbocycles. The van der Waals surface area contributed by atoms with Gasteiger partial charge in [0.25, 0.3) is 5.91 Å². The van der Waals surface area contributed by atoms with Crippen molar-refractivity contribution in [2.24, 2.45) is 0 Å². The average Bonchev–Trinajstić information content (AvgIpc) is 3.35. The molecule has 0 fully saturated rings. The Labute approximate surface area is 198 Å². The van der Waals surface area contributed by atoms with Crippen molar-refractivity contribution in [2.45, 2.75) is 18.5 Å². The quantitative estimate of drug-likeness (QED) is 0.495. The first kappa shape index (κ1) is 17.0. The monoisotopic (exact) mass is 464 g/mol. The Bertz CT molecular complexity index is 1510. The van der Waals surface area contributed by atoms with Crippen molar-refractivity contribution in [2.75, 3.05) is 20.2 Å². The van der Waals surface area contributed by atoms with Crippen LogP contribution in [0.25, 0.3) is 22.2 Å². The minimum Gasteiger partial charge on any atom is -0.461 e. The van der Waals surface area contributed by atoms with E-state index in [0.717, 1.165) is 21.5 Å². The van der Waals surface area contributed by atoms with Gasteiger partial charge in [0.2, 0.25) is 0 Å². The van der Waals surface area contributed by atoms with Gasteiger partial charge in [-0.05, 0) is 29.8 Å². The van der Waals surface area contributed by atoms with E-state index >= 15 is 0 Å². The minimum atomic E-state index is -2.65. The van der Waals surface area contributed by atoms with Gasteiger partial charge in [0, 0.05) is 51.6 Å². The van der Waals surface area contributed by atoms with Crippen LogP contribution in [0.4, 0.5) is 0 Å². The summed E-state index contributed by atoms with van der Waals surface area (Å²) in [5.74, 6) is -0.0501. The second-order valence-electron chi connectivity index (χ2n) is 8.01. The van der Waals surface area contributed by atoms with Gasteiger partial charge >= 0.3 is 6.01 Å². The number of aliphatic hydroxyl groups is 1. The number of hydrogen-bond acceptors (Lipinski definition) is 6. The first-order chi connectivity index (χ1) is 17.3. The number of ether oxygens (including phenoxy) is 1. The van der Waals surface area contributed by atoms with Crippen LogP contribution in [0.2, 0.25) is 5.02 Å². The van der Waals surface area contributed by atoms with E-state index in [9.17, 15) is 4.79 Å². The molecule has 166 valence electrons. The summed E-state index contributed by atoms with van der Waals surface area (Å²) in [6.07, 6.45) is 3.63. The summed E-state index contributed by atoms with van der Waals surface area (Å²) in [5, 5.41) is 9.32. The average molecular weight is 465 g/mol. The highest BCUT2D eigenvalue weighted by atomic mass is 35.5. The molecule has 0 spiro atoms. The Morgan fingerprint density at radius 3 is 2.85 bits per heavy atom. The van der Waals surface area contributed by atoms with Crippen LogP contribution in [0, 0.1) is 0 Å². The van der Waals surface area contributed by atoms with E-state index in [1.165, 1.54) is 0 Å². The van der Waals surface area contributed by atoms with Crippen LogP contribution in [-0.4, -0.2) is 55.6 Å². The van der Waals surface area contributed by atoms with Gasteiger partial charge < -0.3 is 19.3 Å². The van der Waals surface area contributed by atoms with Crippen LogP contribution in [0.3, 0.4) is 0 Å². The summed E-state index contributed by atoms with van der Waals surface area (Å²) in [6, 6.07) is 9.80. The molecule has 2 bridgehead atoms. The van der Waals surface area contributed by atoms with Gasteiger partial charge in [-0.3, -0.25) is 4.79 Å². The normalized spacial score (nSPS) is 20.6. The maximum Gasteiger partial charge on any atom is 0.316 e. The van der Waals surface area contributed by atoms with Gasteiger partial charge in [-0.2, -0.15) is 0 Å². The number of aliphatic hydroxyl groups excluding tert-OH is 1. The van der Waals surface area contributed by atoms with E-state index in [-0.39, 0.29) is 25.3 Å². The predicted octanol–water partition coefficient (Wildman–Crippen LogP) is 3.64. The number of nitrogens with zero attached hydrogens (tertiary/aromatic N) is 5. The highest BCUT2D eigenvalue weighted by Crippen LogP contribution is 2.49. The molecule has 33 heavy (non-hydrogen) atoms. The number of aromatic nitrogens is 4. The summed E-state index contributed by atoms with van der Waals surface area (Å²) in [5.41, 5.74) is 3.96. The Morgan fingerprint density at radius 2 is 2.06 bits per heavy atom. The number of carbonyl (C=O) groups is 1. The number of hydrogen-bond donors (Lipinski definition) is 1. The van der Waals surface area contributed by atoms with E-state index in [4.69, 9.17) is 30.5 Å². The van der Waals surface area contributed by atoms with Gasteiger partial charge in [0.05, 0.1) is 29.7 Å². The molecular formula is C24H20ClN5O3. The minimum absolute atomic E-state index is 0.107. The third-order valence-corrected chi connectivity index (χ3v) is 6.53. The van der Waals surface area contributed by atoms with E-state index in [1.54, 1.807) is 30.6 Å². The molecule has 2 aromatic heterocycles. The second kappa shape index (κ2) is 7.54. The van der Waals surface area contributed by atoms with Crippen molar-refractivity contribution in [3.63, 3.8) is 0 Å². The fourth-order valence-electron chi connectivity index (χ4n) is 4.75. The maximum absolute atomic E-state index is 13.4. The molecule has 4 heterocycles. The van der Waals surface area contributed by atoms with Crippen molar-refractivity contribution in [3.8, 4) is 17.1 Å². The number of benzene rings is 2. The van der Waals surface area contributed by atoms with Crippen LogP contribution in [0.5, 0.6) is 6.01 Å². The number of halogens is 1. The molecule has 0 unspecified atom stereocenters. The van der Waals surface area contributed by atoms with E-state index in [0.29, 0.717) is 33.9 Å². The van der Waals surface area contributed by atoms with Crippen LogP contribution < -0.4 is 4.74 Å². The Hall–Kier alpha value is -3.49. The number of carbonyl (C=O) groups excluding carboxylic acids is 1. The van der Waals surface area contributed by atoms with Gasteiger partial charge in [0.15, 0.2) is 0 Å². The molecule has 0 saturated heterocycles. The molecule has 0 aliphatic carbocycles. The summed E-state index contributed by atoms with van der Waals surface area (Å²) in [4.78, 5) is 27.5. The lowest BCUT2D eigenvalue weighted by Crippen LogP contribution is -2.30. The summed E-state index contributed by atoms with van der Waals surface area (Å²) in [6.45, 7) is -2.67. The van der Waals surface area contributed by atoms with E-state index in [2.05, 4.69) is 9.97 Å². The zero-order valence-corrected chi connectivity index (χ0v) is 18.0. The fraction of sp³-hybridized carbons (Fsp3) is 0.250. The topological polar surface area (TPSA) is 93.4 Å². The molecular weight excluding hydrogens is 442 g/mol. The predicted molar refractivity (Wildman–Crippen MR) is 122 cm³/mol. The Morgan fingerprint density at radius 1 is 1.21 bits per heavy atom. The SMILES string of the molecule is [2H]C([2H])([2H])N1C(=O)c2cccc(Cl)c2[C@H]2C[C@@H]1c1nc3ccc(-c4cnc(OCCO)nc4)cc3n12. The van der Waals surface area contributed by atoms with Gasteiger partial charge in [-0.15, -0.1) is 0 Å². The zero-order valence-electron chi connectivity index (χ0n) is 20.3. The Balaban J connectivity index is 1.52. The van der Waals surface area contributed by atoms with Crippen molar-refractivity contribution in [3.05, 3.63) is 70.8 Å². The highest BCUT2D eigenvalue weighted by Gasteiger charge is 2.44. The summed E-state index contributed by atoms with van der Waals surface area (Å²) < 4.78 is 31.6. The number of imidazole rings is 1. The third-order valence-electron chi connectivity index (χ3n) is 6.20. The molecule has 1 N–H and O–H groups in total. The Kier molecular flexibility index (Phi) is 3.89. The van der Waals surface area contributed by atoms with Crippen molar-refractivity contribution in [1.29, 1.82) is 0 Å². The van der Waals surface area contributed by atoms with Crippen molar-refractivity contribution in [1.82, 2.24) is 24.4 Å². The number of fused-ring (bicyclic) bond motifs is 9. The third kappa shape index (κ3) is 3.02. The van der Waals surface area contributed by atoms with Gasteiger partial charge in [-0.25, -0.2) is 15.0 Å². The van der Waals surface area contributed by atoms with Gasteiger partial charge in [-0.1, -0.05) is 23.7 Å². The zero-order chi connectivity index (χ0) is 25.2. The van der Waals surface area contributed by atoms with Gasteiger partial charge in [0.1, 0.15) is 12.4 Å². The first-order valence-corrected chi connectivity index (χ1v) is 10.9. The van der Waals surface area contributed by atoms with E-state index < -0.39 is 18.9 Å². The largest absolute Gasteiger partial charge is 0.461 e. The molecule has 2 atom stereocenters. The smallest absolute Gasteiger partial charge is 0.316 e. The van der Waals surface area contributed by atoms with Crippen molar-refractivity contribution < 1.29 is 18.8 Å². The lowest BCUT2D eigenvalue weighted by Gasteiger charge is -2.24. The number of rotatable bonds is 4. The maximum atomic E-state index is 13.4. The summed E-state index contributed by atoms with van der Waals surface area (Å²) in [7, 11) is 0. The molecule has 4 aromatic rings. The first-order valence-electron chi connectivity index (χ1n) is 12.0. The van der Waals surface area contributed by atoms with Crippen molar-refractivity contribution >= 4 is 28.5 Å². The van der Waals surface area contributed by atoms with Crippen LogP contribution >= 0.6 is 11.6 Å². The van der Waals surface area contributed by atoms with Crippen LogP contribution in [0.1, 0.15) is 44.4 Å². The van der Waals surface area contributed by atoms with E-state index in [1.807, 2.05) is 22.8 Å². The standard InChI is InChI=1S/C24H20ClN5O3/c1-29-20-10-19(21-15(23(29)32)3-2-4-16(21)25)30-18-9-13(5-6-17(18)28-22(20)30)14-11-26-24(27-12-14)33-8-7-31/h2-6,9,11-12,19-20,31H,7-8,10H2,1H3/t19-,20-/m1/s1/i1D3. The molecule has 2 aliphatic heterocycles. The molecule has 0 radical (unpaired) electrons. The summed E-state index contributed by atoms with van der Waals surface area (Å²) >= 11 is 6.61.